The lowest BCUT2D eigenvalue weighted by Gasteiger charge is -2.08. The van der Waals surface area contributed by atoms with Crippen molar-refractivity contribution < 1.29 is 9.66 Å². The van der Waals surface area contributed by atoms with Gasteiger partial charge in [-0.1, -0.05) is 22.0 Å². The van der Waals surface area contributed by atoms with Crippen LogP contribution < -0.4 is 10.5 Å². The summed E-state index contributed by atoms with van der Waals surface area (Å²) in [6, 6.07) is 11.7. The van der Waals surface area contributed by atoms with Gasteiger partial charge >= 0.3 is 0 Å². The van der Waals surface area contributed by atoms with Gasteiger partial charge in [0, 0.05) is 27.9 Å². The Kier molecular flexibility index (Phi) is 4.01. The van der Waals surface area contributed by atoms with Gasteiger partial charge in [0.25, 0.3) is 5.69 Å². The molecule has 0 aliphatic carbocycles. The number of hydrogen-bond donors (Lipinski definition) is 1. The van der Waals surface area contributed by atoms with E-state index in [9.17, 15) is 10.1 Å². The Morgan fingerprint density at radius 3 is 2.74 bits per heavy atom. The molecule has 2 aromatic carbocycles. The Labute approximate surface area is 118 Å². The second kappa shape index (κ2) is 5.71. The summed E-state index contributed by atoms with van der Waals surface area (Å²) >= 11 is 3.34. The number of nitrogens with zero attached hydrogens (tertiary/aromatic N) is 1. The minimum absolute atomic E-state index is 0.00189. The first-order valence-electron chi connectivity index (χ1n) is 5.47. The molecule has 0 aliphatic heterocycles. The number of nitrogens with two attached hydrogens (primary N) is 1. The third-order valence-electron chi connectivity index (χ3n) is 2.53. The molecule has 0 radical (unpaired) electrons. The molecule has 0 fully saturated rings. The molecule has 0 spiro atoms. The van der Waals surface area contributed by atoms with E-state index in [0.717, 1.165) is 4.47 Å². The first-order chi connectivity index (χ1) is 9.06. The topological polar surface area (TPSA) is 78.4 Å². The molecule has 5 nitrogen and oxygen atoms in total. The third-order valence-corrected chi connectivity index (χ3v) is 3.02. The zero-order valence-electron chi connectivity index (χ0n) is 9.88. The maximum absolute atomic E-state index is 10.7. The molecule has 0 atom stereocenters. The summed E-state index contributed by atoms with van der Waals surface area (Å²) < 4.78 is 6.46. The zero-order valence-corrected chi connectivity index (χ0v) is 11.5. The Balaban J connectivity index is 2.15. The minimum atomic E-state index is -0.456. The Hall–Kier alpha value is -2.08. The van der Waals surface area contributed by atoms with E-state index in [1.165, 1.54) is 18.2 Å². The first-order valence-corrected chi connectivity index (χ1v) is 6.27. The number of halogens is 1. The Morgan fingerprint density at radius 1 is 1.26 bits per heavy atom. The summed E-state index contributed by atoms with van der Waals surface area (Å²) in [5.74, 6) is 0.667. The lowest BCUT2D eigenvalue weighted by molar-refractivity contribution is -0.384. The number of nitro benzene ring substituents is 1. The molecule has 6 heteroatoms. The van der Waals surface area contributed by atoms with E-state index in [1.807, 2.05) is 18.2 Å². The summed E-state index contributed by atoms with van der Waals surface area (Å²) in [6.07, 6.45) is 0. The molecule has 2 aromatic rings. The highest BCUT2D eigenvalue weighted by molar-refractivity contribution is 9.10. The second-order valence-corrected chi connectivity index (χ2v) is 4.80. The number of nitro groups is 1. The van der Waals surface area contributed by atoms with Crippen molar-refractivity contribution >= 4 is 27.3 Å². The van der Waals surface area contributed by atoms with Gasteiger partial charge in [-0.2, -0.15) is 0 Å². The van der Waals surface area contributed by atoms with Gasteiger partial charge < -0.3 is 10.5 Å². The van der Waals surface area contributed by atoms with Gasteiger partial charge in [-0.15, -0.1) is 0 Å². The monoisotopic (exact) mass is 322 g/mol. The zero-order chi connectivity index (χ0) is 13.8. The number of rotatable bonds is 4. The number of ether oxygens (including phenoxy) is 1. The second-order valence-electron chi connectivity index (χ2n) is 3.89. The Bertz CT molecular complexity index is 617. The number of hydrogen-bond acceptors (Lipinski definition) is 4. The molecule has 19 heavy (non-hydrogen) atoms. The highest BCUT2D eigenvalue weighted by atomic mass is 79.9. The van der Waals surface area contributed by atoms with E-state index in [2.05, 4.69) is 15.9 Å². The molecule has 2 N–H and O–H groups in total. The van der Waals surface area contributed by atoms with Crippen LogP contribution in [0.1, 0.15) is 5.56 Å². The highest BCUT2D eigenvalue weighted by Crippen LogP contribution is 2.23. The number of nitrogen functional groups attached to an aromatic ring is 1. The molecule has 0 aliphatic rings. The van der Waals surface area contributed by atoms with E-state index in [4.69, 9.17) is 10.5 Å². The lowest BCUT2D eigenvalue weighted by atomic mass is 10.1. The van der Waals surface area contributed by atoms with Gasteiger partial charge in [0.2, 0.25) is 0 Å². The molecule has 0 saturated heterocycles. The van der Waals surface area contributed by atoms with Crippen LogP contribution in [0.3, 0.4) is 0 Å². The summed E-state index contributed by atoms with van der Waals surface area (Å²) in [7, 11) is 0. The largest absolute Gasteiger partial charge is 0.489 e. The van der Waals surface area contributed by atoms with Gasteiger partial charge in [0.05, 0.1) is 4.92 Å². The van der Waals surface area contributed by atoms with Gasteiger partial charge in [-0.3, -0.25) is 10.1 Å². The summed E-state index contributed by atoms with van der Waals surface area (Å²) in [5, 5.41) is 10.7. The van der Waals surface area contributed by atoms with Crippen molar-refractivity contribution in [2.45, 2.75) is 6.61 Å². The summed E-state index contributed by atoms with van der Waals surface area (Å²) in [5.41, 5.74) is 6.84. The quantitative estimate of drug-likeness (QED) is 0.530. The maximum Gasteiger partial charge on any atom is 0.269 e. The van der Waals surface area contributed by atoms with Crippen molar-refractivity contribution in [2.24, 2.45) is 0 Å². The Morgan fingerprint density at radius 2 is 2.05 bits per heavy atom. The number of non-ortho nitro benzene ring substituents is 1. The van der Waals surface area contributed by atoms with Crippen LogP contribution in [-0.2, 0) is 6.61 Å². The smallest absolute Gasteiger partial charge is 0.269 e. The third kappa shape index (κ3) is 3.45. The fourth-order valence-corrected chi connectivity index (χ4v) is 1.93. The predicted octanol–water partition coefficient (Wildman–Crippen LogP) is 3.52. The molecule has 0 bridgehead atoms. The van der Waals surface area contributed by atoms with Crippen LogP contribution >= 0.6 is 15.9 Å². The summed E-state index contributed by atoms with van der Waals surface area (Å²) in [4.78, 5) is 10.2. The van der Waals surface area contributed by atoms with E-state index < -0.39 is 4.92 Å². The van der Waals surface area contributed by atoms with Crippen LogP contribution in [-0.4, -0.2) is 4.92 Å². The SMILES string of the molecule is Nc1ccc([N+](=O)[O-])cc1COc1cccc(Br)c1. The number of benzene rings is 2. The van der Waals surface area contributed by atoms with Crippen molar-refractivity contribution in [1.29, 1.82) is 0 Å². The molecule has 0 aromatic heterocycles. The highest BCUT2D eigenvalue weighted by Gasteiger charge is 2.09. The van der Waals surface area contributed by atoms with Crippen molar-refractivity contribution in [2.75, 3.05) is 5.73 Å². The number of anilines is 1. The normalized spacial score (nSPS) is 10.2. The fraction of sp³-hybridized carbons (Fsp3) is 0.0769. The van der Waals surface area contributed by atoms with Crippen molar-refractivity contribution in [3.05, 3.63) is 62.6 Å². The maximum atomic E-state index is 10.7. The van der Waals surface area contributed by atoms with Crippen molar-refractivity contribution in [1.82, 2.24) is 0 Å². The van der Waals surface area contributed by atoms with Crippen LogP contribution in [0.25, 0.3) is 0 Å². The fourth-order valence-electron chi connectivity index (χ4n) is 1.55. The van der Waals surface area contributed by atoms with Crippen LogP contribution in [0.4, 0.5) is 11.4 Å². The lowest BCUT2D eigenvalue weighted by Crippen LogP contribution is -2.01. The molecular formula is C13H11BrN2O3. The minimum Gasteiger partial charge on any atom is -0.489 e. The molecule has 98 valence electrons. The molecule has 0 unspecified atom stereocenters. The van der Waals surface area contributed by atoms with Crippen molar-refractivity contribution in [3.63, 3.8) is 0 Å². The van der Waals surface area contributed by atoms with Gasteiger partial charge in [0.15, 0.2) is 0 Å². The average molecular weight is 323 g/mol. The van der Waals surface area contributed by atoms with Crippen LogP contribution in [0.2, 0.25) is 0 Å². The van der Waals surface area contributed by atoms with Gasteiger partial charge in [-0.05, 0) is 24.3 Å². The standard InChI is InChI=1S/C13H11BrN2O3/c14-10-2-1-3-12(7-10)19-8-9-6-11(16(17)18)4-5-13(9)15/h1-7H,8,15H2. The molecule has 0 heterocycles. The first kappa shape index (κ1) is 13.4. The van der Waals surface area contributed by atoms with E-state index in [-0.39, 0.29) is 12.3 Å². The molecule has 2 rings (SSSR count). The van der Waals surface area contributed by atoms with E-state index in [1.54, 1.807) is 6.07 Å². The van der Waals surface area contributed by atoms with E-state index >= 15 is 0 Å². The average Bonchev–Trinajstić information content (AvgIpc) is 2.37. The van der Waals surface area contributed by atoms with E-state index in [0.29, 0.717) is 17.0 Å². The predicted molar refractivity (Wildman–Crippen MR) is 76.0 cm³/mol. The van der Waals surface area contributed by atoms with Crippen LogP contribution in [0.5, 0.6) is 5.75 Å². The van der Waals surface area contributed by atoms with Crippen molar-refractivity contribution in [3.8, 4) is 5.75 Å². The van der Waals surface area contributed by atoms with Crippen LogP contribution in [0.15, 0.2) is 46.9 Å². The van der Waals surface area contributed by atoms with Gasteiger partial charge in [-0.25, -0.2) is 0 Å². The molecule has 0 amide bonds. The molecule has 0 saturated carbocycles. The summed E-state index contributed by atoms with van der Waals surface area (Å²) in [6.45, 7) is 0.184. The van der Waals surface area contributed by atoms with Crippen LogP contribution in [0, 0.1) is 10.1 Å². The molecular weight excluding hydrogens is 312 g/mol. The van der Waals surface area contributed by atoms with Gasteiger partial charge in [0.1, 0.15) is 12.4 Å².